The highest BCUT2D eigenvalue weighted by molar-refractivity contribution is 7.99. The van der Waals surface area contributed by atoms with Crippen LogP contribution in [0.3, 0.4) is 0 Å². The number of carbonyl (C=O) groups is 1. The fourth-order valence-corrected chi connectivity index (χ4v) is 3.19. The van der Waals surface area contributed by atoms with Crippen LogP contribution in [-0.2, 0) is 11.2 Å². The normalized spacial score (nSPS) is 12.2. The first kappa shape index (κ1) is 16.5. The maximum Gasteiger partial charge on any atom is 0.230 e. The molecule has 3 rings (SSSR count). The van der Waals surface area contributed by atoms with Gasteiger partial charge in [-0.2, -0.15) is 0 Å². The van der Waals surface area contributed by atoms with Gasteiger partial charge < -0.3 is 5.32 Å². The van der Waals surface area contributed by atoms with Gasteiger partial charge in [-0.3, -0.25) is 9.20 Å². The number of pyridine rings is 1. The Morgan fingerprint density at radius 1 is 1.21 bits per heavy atom. The molecule has 6 heteroatoms. The van der Waals surface area contributed by atoms with Crippen LogP contribution in [0.15, 0.2) is 53.8 Å². The molecule has 0 saturated carbocycles. The number of hydrogen-bond donors (Lipinski definition) is 1. The van der Waals surface area contributed by atoms with Gasteiger partial charge >= 0.3 is 0 Å². The van der Waals surface area contributed by atoms with E-state index in [0.717, 1.165) is 22.8 Å². The molecule has 1 atom stereocenters. The molecule has 0 radical (unpaired) electrons. The van der Waals surface area contributed by atoms with Crippen molar-refractivity contribution in [1.82, 2.24) is 19.9 Å². The molecule has 1 N–H and O–H groups in total. The van der Waals surface area contributed by atoms with Crippen LogP contribution >= 0.6 is 11.8 Å². The van der Waals surface area contributed by atoms with Gasteiger partial charge in [0.05, 0.1) is 11.8 Å². The zero-order chi connectivity index (χ0) is 16.9. The summed E-state index contributed by atoms with van der Waals surface area (Å²) in [6.45, 7) is 4.13. The van der Waals surface area contributed by atoms with E-state index in [0.29, 0.717) is 5.75 Å². The monoisotopic (exact) mass is 340 g/mol. The average Bonchev–Trinajstić information content (AvgIpc) is 3.03. The number of rotatable bonds is 6. The molecule has 2 aromatic heterocycles. The van der Waals surface area contributed by atoms with Gasteiger partial charge in [-0.05, 0) is 36.6 Å². The Balaban J connectivity index is 1.57. The summed E-state index contributed by atoms with van der Waals surface area (Å²) in [5, 5.41) is 12.0. The van der Waals surface area contributed by atoms with Crippen molar-refractivity contribution in [2.45, 2.75) is 31.5 Å². The molecule has 0 aliphatic carbocycles. The molecular weight excluding hydrogens is 320 g/mol. The molecule has 3 aromatic rings. The molecule has 0 unspecified atom stereocenters. The van der Waals surface area contributed by atoms with Crippen molar-refractivity contribution < 1.29 is 4.79 Å². The van der Waals surface area contributed by atoms with Crippen molar-refractivity contribution in [3.63, 3.8) is 0 Å². The van der Waals surface area contributed by atoms with E-state index in [2.05, 4.69) is 46.7 Å². The van der Waals surface area contributed by atoms with Crippen LogP contribution in [0.1, 0.15) is 31.0 Å². The van der Waals surface area contributed by atoms with E-state index >= 15 is 0 Å². The minimum absolute atomic E-state index is 0.0141. The average molecular weight is 340 g/mol. The van der Waals surface area contributed by atoms with Crippen LogP contribution in [0.2, 0.25) is 0 Å². The fourth-order valence-electron chi connectivity index (χ4n) is 2.46. The zero-order valence-corrected chi connectivity index (χ0v) is 14.6. The Labute approximate surface area is 145 Å². The Morgan fingerprint density at radius 3 is 2.75 bits per heavy atom. The Bertz CT molecular complexity index is 828. The molecular formula is C18H20N4OS. The lowest BCUT2D eigenvalue weighted by Gasteiger charge is -2.14. The molecule has 0 bridgehead atoms. The summed E-state index contributed by atoms with van der Waals surface area (Å²) in [7, 11) is 0. The summed E-state index contributed by atoms with van der Waals surface area (Å²) in [5.74, 6) is 0.298. The summed E-state index contributed by atoms with van der Waals surface area (Å²) in [6.07, 6.45) is 2.91. The van der Waals surface area contributed by atoms with Gasteiger partial charge in [-0.1, -0.05) is 49.0 Å². The van der Waals surface area contributed by atoms with Crippen molar-refractivity contribution in [2.24, 2.45) is 0 Å². The van der Waals surface area contributed by atoms with Crippen molar-refractivity contribution in [2.75, 3.05) is 5.75 Å². The van der Waals surface area contributed by atoms with Crippen molar-refractivity contribution >= 4 is 23.3 Å². The summed E-state index contributed by atoms with van der Waals surface area (Å²) in [5.41, 5.74) is 3.19. The van der Waals surface area contributed by atoms with Crippen molar-refractivity contribution in [3.8, 4) is 0 Å². The number of amides is 1. The first-order valence-electron chi connectivity index (χ1n) is 7.98. The zero-order valence-electron chi connectivity index (χ0n) is 13.8. The molecule has 0 aliphatic heterocycles. The van der Waals surface area contributed by atoms with E-state index < -0.39 is 0 Å². The van der Waals surface area contributed by atoms with Gasteiger partial charge in [0.25, 0.3) is 0 Å². The minimum atomic E-state index is -0.0147. The topological polar surface area (TPSA) is 59.3 Å². The summed E-state index contributed by atoms with van der Waals surface area (Å²) >= 11 is 1.39. The van der Waals surface area contributed by atoms with Crippen LogP contribution < -0.4 is 5.32 Å². The van der Waals surface area contributed by atoms with Gasteiger partial charge in [0.15, 0.2) is 10.8 Å². The van der Waals surface area contributed by atoms with E-state index in [9.17, 15) is 4.79 Å². The maximum atomic E-state index is 12.2. The predicted octanol–water partition coefficient (Wildman–Crippen LogP) is 3.26. The smallest absolute Gasteiger partial charge is 0.230 e. The molecule has 1 amide bonds. The van der Waals surface area contributed by atoms with E-state index in [1.54, 1.807) is 0 Å². The number of fused-ring (bicyclic) bond motifs is 1. The van der Waals surface area contributed by atoms with E-state index in [1.807, 2.05) is 35.7 Å². The molecule has 124 valence electrons. The van der Waals surface area contributed by atoms with Crippen LogP contribution in [0.5, 0.6) is 0 Å². The highest BCUT2D eigenvalue weighted by atomic mass is 32.2. The number of nitrogens with zero attached hydrogens (tertiary/aromatic N) is 3. The molecule has 0 aliphatic rings. The SMILES string of the molecule is CCc1ccc([C@H](C)NC(=O)CSc2nnc3ccccn23)cc1. The predicted molar refractivity (Wildman–Crippen MR) is 96.1 cm³/mol. The van der Waals surface area contributed by atoms with Gasteiger partial charge in [0.1, 0.15) is 0 Å². The maximum absolute atomic E-state index is 12.2. The summed E-state index contributed by atoms with van der Waals surface area (Å²) in [4.78, 5) is 12.2. The molecule has 0 spiro atoms. The highest BCUT2D eigenvalue weighted by Gasteiger charge is 2.12. The quantitative estimate of drug-likeness (QED) is 0.700. The molecule has 5 nitrogen and oxygen atoms in total. The number of aryl methyl sites for hydroxylation is 1. The second kappa shape index (κ2) is 7.49. The van der Waals surface area contributed by atoms with Gasteiger partial charge in [-0.15, -0.1) is 10.2 Å². The molecule has 1 aromatic carbocycles. The van der Waals surface area contributed by atoms with E-state index in [-0.39, 0.29) is 11.9 Å². The number of hydrogen-bond acceptors (Lipinski definition) is 4. The Morgan fingerprint density at radius 2 is 2.00 bits per heavy atom. The van der Waals surface area contributed by atoms with Crippen molar-refractivity contribution in [1.29, 1.82) is 0 Å². The molecule has 0 fully saturated rings. The van der Waals surface area contributed by atoms with Crippen LogP contribution in [0.4, 0.5) is 0 Å². The Kier molecular flexibility index (Phi) is 5.15. The van der Waals surface area contributed by atoms with Crippen LogP contribution in [0, 0.1) is 0 Å². The van der Waals surface area contributed by atoms with Gasteiger partial charge in [0.2, 0.25) is 5.91 Å². The van der Waals surface area contributed by atoms with Gasteiger partial charge in [0, 0.05) is 6.20 Å². The standard InChI is InChI=1S/C18H20N4OS/c1-3-14-7-9-15(10-8-14)13(2)19-17(23)12-24-18-21-20-16-6-4-5-11-22(16)18/h4-11,13H,3,12H2,1-2H3,(H,19,23)/t13-/m0/s1. The molecule has 0 saturated heterocycles. The number of thioether (sulfide) groups is 1. The second-order valence-corrected chi connectivity index (χ2v) is 6.53. The number of nitrogens with one attached hydrogen (secondary N) is 1. The van der Waals surface area contributed by atoms with Gasteiger partial charge in [-0.25, -0.2) is 0 Å². The third-order valence-corrected chi connectivity index (χ3v) is 4.82. The van der Waals surface area contributed by atoms with Crippen molar-refractivity contribution in [3.05, 3.63) is 59.8 Å². The lowest BCUT2D eigenvalue weighted by Crippen LogP contribution is -2.28. The second-order valence-electron chi connectivity index (χ2n) is 5.58. The number of carbonyl (C=O) groups excluding carboxylic acids is 1. The van der Waals surface area contributed by atoms with Crippen LogP contribution in [-0.4, -0.2) is 26.3 Å². The Hall–Kier alpha value is -2.34. The van der Waals surface area contributed by atoms with E-state index in [1.165, 1.54) is 17.3 Å². The summed E-state index contributed by atoms with van der Waals surface area (Å²) in [6, 6.07) is 14.1. The van der Waals surface area contributed by atoms with Crippen LogP contribution in [0.25, 0.3) is 5.65 Å². The first-order valence-corrected chi connectivity index (χ1v) is 8.96. The first-order chi connectivity index (χ1) is 11.7. The molecule has 2 heterocycles. The lowest BCUT2D eigenvalue weighted by atomic mass is 10.1. The van der Waals surface area contributed by atoms with E-state index in [4.69, 9.17) is 0 Å². The number of aromatic nitrogens is 3. The summed E-state index contributed by atoms with van der Waals surface area (Å²) < 4.78 is 1.88. The number of benzene rings is 1. The highest BCUT2D eigenvalue weighted by Crippen LogP contribution is 2.18. The molecule has 24 heavy (non-hydrogen) atoms. The minimum Gasteiger partial charge on any atom is -0.349 e. The largest absolute Gasteiger partial charge is 0.349 e. The lowest BCUT2D eigenvalue weighted by molar-refractivity contribution is -0.119. The fraction of sp³-hybridized carbons (Fsp3) is 0.278. The third kappa shape index (κ3) is 3.76. The third-order valence-electron chi connectivity index (χ3n) is 3.88.